The first kappa shape index (κ1) is 12.7. The summed E-state index contributed by atoms with van der Waals surface area (Å²) in [5.41, 5.74) is 8.89. The number of pyridine rings is 1. The average Bonchev–Trinajstić information content (AvgIpc) is 2.85. The summed E-state index contributed by atoms with van der Waals surface area (Å²) in [5, 5.41) is 0. The van der Waals surface area contributed by atoms with E-state index in [1.165, 1.54) is 5.56 Å². The molecule has 0 saturated heterocycles. The van der Waals surface area contributed by atoms with Crippen LogP contribution in [0.2, 0.25) is 0 Å². The number of ether oxygens (including phenoxy) is 1. The number of aromatic nitrogens is 2. The minimum Gasteiger partial charge on any atom is -0.486 e. The SMILES string of the molecule is Cc1ccc(OCc2nc(CN)c3ccccn23)cc1. The topological polar surface area (TPSA) is 52.5 Å². The van der Waals surface area contributed by atoms with E-state index in [0.717, 1.165) is 22.8 Å². The first-order valence-corrected chi connectivity index (χ1v) is 6.62. The molecule has 20 heavy (non-hydrogen) atoms. The lowest BCUT2D eigenvalue weighted by atomic mass is 10.2. The fourth-order valence-corrected chi connectivity index (χ4v) is 2.20. The molecule has 102 valence electrons. The van der Waals surface area contributed by atoms with E-state index in [0.29, 0.717) is 13.2 Å². The lowest BCUT2D eigenvalue weighted by Gasteiger charge is -2.05. The Morgan fingerprint density at radius 1 is 1.15 bits per heavy atom. The maximum absolute atomic E-state index is 5.79. The lowest BCUT2D eigenvalue weighted by molar-refractivity contribution is 0.295. The highest BCUT2D eigenvalue weighted by Gasteiger charge is 2.09. The number of benzene rings is 1. The van der Waals surface area contributed by atoms with E-state index in [9.17, 15) is 0 Å². The van der Waals surface area contributed by atoms with Gasteiger partial charge >= 0.3 is 0 Å². The average molecular weight is 267 g/mol. The molecular formula is C16H17N3O. The zero-order chi connectivity index (χ0) is 13.9. The Balaban J connectivity index is 1.85. The van der Waals surface area contributed by atoms with E-state index in [1.807, 2.05) is 53.1 Å². The summed E-state index contributed by atoms with van der Waals surface area (Å²) in [6.07, 6.45) is 1.98. The highest BCUT2D eigenvalue weighted by Crippen LogP contribution is 2.16. The van der Waals surface area contributed by atoms with Crippen LogP contribution in [0.15, 0.2) is 48.7 Å². The van der Waals surface area contributed by atoms with Crippen molar-refractivity contribution in [2.45, 2.75) is 20.1 Å². The molecule has 3 aromatic rings. The molecule has 0 unspecified atom stereocenters. The van der Waals surface area contributed by atoms with Crippen molar-refractivity contribution in [3.63, 3.8) is 0 Å². The van der Waals surface area contributed by atoms with Crippen LogP contribution in [-0.2, 0) is 13.2 Å². The normalized spacial score (nSPS) is 10.9. The Hall–Kier alpha value is -2.33. The van der Waals surface area contributed by atoms with Gasteiger partial charge in [0, 0.05) is 12.7 Å². The molecule has 0 spiro atoms. The van der Waals surface area contributed by atoms with Crippen molar-refractivity contribution >= 4 is 5.52 Å². The molecule has 3 rings (SSSR count). The smallest absolute Gasteiger partial charge is 0.151 e. The molecule has 4 nitrogen and oxygen atoms in total. The van der Waals surface area contributed by atoms with E-state index in [4.69, 9.17) is 10.5 Å². The van der Waals surface area contributed by atoms with Gasteiger partial charge in [0.25, 0.3) is 0 Å². The van der Waals surface area contributed by atoms with E-state index in [1.54, 1.807) is 0 Å². The quantitative estimate of drug-likeness (QED) is 0.790. The number of nitrogens with two attached hydrogens (primary N) is 1. The molecule has 0 fully saturated rings. The molecular weight excluding hydrogens is 250 g/mol. The summed E-state index contributed by atoms with van der Waals surface area (Å²) >= 11 is 0. The van der Waals surface area contributed by atoms with Crippen LogP contribution in [0.25, 0.3) is 5.52 Å². The molecule has 0 amide bonds. The van der Waals surface area contributed by atoms with Crippen LogP contribution >= 0.6 is 0 Å². The zero-order valence-electron chi connectivity index (χ0n) is 11.4. The summed E-state index contributed by atoms with van der Waals surface area (Å²) < 4.78 is 7.81. The molecule has 2 heterocycles. The fourth-order valence-electron chi connectivity index (χ4n) is 2.20. The van der Waals surface area contributed by atoms with Gasteiger partial charge in [0.2, 0.25) is 0 Å². The van der Waals surface area contributed by atoms with Gasteiger partial charge in [-0.2, -0.15) is 0 Å². The maximum Gasteiger partial charge on any atom is 0.151 e. The van der Waals surface area contributed by atoms with Crippen LogP contribution in [0.3, 0.4) is 0 Å². The fraction of sp³-hybridized carbons (Fsp3) is 0.188. The highest BCUT2D eigenvalue weighted by atomic mass is 16.5. The summed E-state index contributed by atoms with van der Waals surface area (Å²) in [6, 6.07) is 14.0. The minimum absolute atomic E-state index is 0.425. The van der Waals surface area contributed by atoms with Gasteiger partial charge in [0.05, 0.1) is 11.2 Å². The molecule has 2 N–H and O–H groups in total. The van der Waals surface area contributed by atoms with Crippen LogP contribution in [0, 0.1) is 6.92 Å². The van der Waals surface area contributed by atoms with Crippen molar-refractivity contribution in [1.29, 1.82) is 0 Å². The number of hydrogen-bond donors (Lipinski definition) is 1. The number of fused-ring (bicyclic) bond motifs is 1. The van der Waals surface area contributed by atoms with Crippen molar-refractivity contribution in [3.05, 3.63) is 65.7 Å². The van der Waals surface area contributed by atoms with Crippen LogP contribution in [0.4, 0.5) is 0 Å². The number of imidazole rings is 1. The van der Waals surface area contributed by atoms with Gasteiger partial charge in [-0.1, -0.05) is 23.8 Å². The number of nitrogens with zero attached hydrogens (tertiary/aromatic N) is 2. The van der Waals surface area contributed by atoms with Gasteiger partial charge in [-0.25, -0.2) is 4.98 Å². The third-order valence-corrected chi connectivity index (χ3v) is 3.28. The Labute approximate surface area is 117 Å². The largest absolute Gasteiger partial charge is 0.486 e. The lowest BCUT2D eigenvalue weighted by Crippen LogP contribution is -2.01. The van der Waals surface area contributed by atoms with E-state index in [-0.39, 0.29) is 0 Å². The number of rotatable bonds is 4. The second-order valence-corrected chi connectivity index (χ2v) is 4.74. The van der Waals surface area contributed by atoms with Crippen molar-refractivity contribution < 1.29 is 4.74 Å². The summed E-state index contributed by atoms with van der Waals surface area (Å²) in [4.78, 5) is 4.55. The zero-order valence-corrected chi connectivity index (χ0v) is 11.4. The third-order valence-electron chi connectivity index (χ3n) is 3.28. The second-order valence-electron chi connectivity index (χ2n) is 4.74. The summed E-state index contributed by atoms with van der Waals surface area (Å²) in [5.74, 6) is 1.71. The maximum atomic E-state index is 5.79. The van der Waals surface area contributed by atoms with Crippen LogP contribution in [-0.4, -0.2) is 9.38 Å². The minimum atomic E-state index is 0.425. The third kappa shape index (κ3) is 2.38. The van der Waals surface area contributed by atoms with E-state index < -0.39 is 0 Å². The molecule has 0 saturated carbocycles. The van der Waals surface area contributed by atoms with Crippen LogP contribution in [0.5, 0.6) is 5.75 Å². The van der Waals surface area contributed by atoms with E-state index >= 15 is 0 Å². The highest BCUT2D eigenvalue weighted by molar-refractivity contribution is 5.53. The number of hydrogen-bond acceptors (Lipinski definition) is 3. The molecule has 0 radical (unpaired) electrons. The second kappa shape index (κ2) is 5.35. The Kier molecular flexibility index (Phi) is 3.39. The van der Waals surface area contributed by atoms with Gasteiger partial charge in [-0.05, 0) is 31.2 Å². The Morgan fingerprint density at radius 3 is 2.70 bits per heavy atom. The predicted molar refractivity (Wildman–Crippen MR) is 78.6 cm³/mol. The van der Waals surface area contributed by atoms with E-state index in [2.05, 4.69) is 11.9 Å². The Morgan fingerprint density at radius 2 is 1.95 bits per heavy atom. The predicted octanol–water partition coefficient (Wildman–Crippen LogP) is 2.68. The van der Waals surface area contributed by atoms with Crippen molar-refractivity contribution in [3.8, 4) is 5.75 Å². The first-order chi connectivity index (χ1) is 9.78. The molecule has 0 aliphatic carbocycles. The molecule has 0 aliphatic heterocycles. The molecule has 1 aromatic carbocycles. The molecule has 0 aliphatic rings. The number of aryl methyl sites for hydroxylation is 1. The first-order valence-electron chi connectivity index (χ1n) is 6.62. The van der Waals surface area contributed by atoms with Gasteiger partial charge in [0.1, 0.15) is 12.4 Å². The standard InChI is InChI=1S/C16H17N3O/c1-12-5-7-13(8-6-12)20-11-16-18-14(10-17)15-4-2-3-9-19(15)16/h2-9H,10-11,17H2,1H3. The molecule has 0 atom stereocenters. The van der Waals surface area contributed by atoms with Crippen molar-refractivity contribution in [1.82, 2.24) is 9.38 Å². The molecule has 2 aromatic heterocycles. The van der Waals surface area contributed by atoms with Crippen LogP contribution < -0.4 is 10.5 Å². The monoisotopic (exact) mass is 267 g/mol. The van der Waals surface area contributed by atoms with Crippen LogP contribution in [0.1, 0.15) is 17.1 Å². The van der Waals surface area contributed by atoms with Gasteiger partial charge < -0.3 is 14.9 Å². The van der Waals surface area contributed by atoms with Gasteiger partial charge in [0.15, 0.2) is 5.82 Å². The summed E-state index contributed by atoms with van der Waals surface area (Å²) in [6.45, 7) is 2.91. The molecule has 4 heteroatoms. The summed E-state index contributed by atoms with van der Waals surface area (Å²) in [7, 11) is 0. The van der Waals surface area contributed by atoms with Crippen molar-refractivity contribution in [2.24, 2.45) is 5.73 Å². The van der Waals surface area contributed by atoms with Gasteiger partial charge in [-0.3, -0.25) is 0 Å². The van der Waals surface area contributed by atoms with Crippen molar-refractivity contribution in [2.75, 3.05) is 0 Å². The van der Waals surface area contributed by atoms with Gasteiger partial charge in [-0.15, -0.1) is 0 Å². The Bertz CT molecular complexity index is 716. The molecule has 0 bridgehead atoms.